The largest absolute Gasteiger partial charge is 0.462 e. The van der Waals surface area contributed by atoms with Crippen LogP contribution in [0.2, 0.25) is 0 Å². The van der Waals surface area contributed by atoms with Crippen LogP contribution in [0, 0.1) is 5.92 Å². The summed E-state index contributed by atoms with van der Waals surface area (Å²) in [6.07, 6.45) is 14.7. The molecule has 0 aromatic heterocycles. The quantitative estimate of drug-likeness (QED) is 0.297. The Balaban J connectivity index is 2.46. The molecule has 0 amide bonds. The Bertz CT molecular complexity index is 306. The second-order valence-corrected chi connectivity index (χ2v) is 7.28. The minimum atomic E-state index is -0.130. The van der Waals surface area contributed by atoms with Crippen molar-refractivity contribution in [2.75, 3.05) is 0 Å². The molecule has 2 nitrogen and oxygen atoms in total. The predicted molar refractivity (Wildman–Crippen MR) is 93.0 cm³/mol. The van der Waals surface area contributed by atoms with E-state index in [1.807, 2.05) is 0 Å². The van der Waals surface area contributed by atoms with Gasteiger partial charge in [-0.25, -0.2) is 0 Å². The van der Waals surface area contributed by atoms with Gasteiger partial charge in [0.05, 0.1) is 0 Å². The number of esters is 1. The Kier molecular flexibility index (Phi) is 9.57. The van der Waals surface area contributed by atoms with Gasteiger partial charge in [0.2, 0.25) is 0 Å². The van der Waals surface area contributed by atoms with Crippen molar-refractivity contribution in [3.8, 4) is 0 Å². The number of ether oxygens (including phenoxy) is 1. The average molecular weight is 392 g/mol. The van der Waals surface area contributed by atoms with Crippen LogP contribution in [0.4, 0.5) is 0 Å². The van der Waals surface area contributed by atoms with Gasteiger partial charge in [-0.15, -0.1) is 0 Å². The van der Waals surface area contributed by atoms with E-state index in [2.05, 4.69) is 35.6 Å². The van der Waals surface area contributed by atoms with Gasteiger partial charge in [0.1, 0.15) is 6.10 Å². The Morgan fingerprint density at radius 3 is 2.60 bits per heavy atom. The number of carbonyl (C=O) groups is 1. The number of hydrogen-bond donors (Lipinski definition) is 0. The first-order valence-electron chi connectivity index (χ1n) is 8.15. The van der Waals surface area contributed by atoms with Gasteiger partial charge in [0.25, 0.3) is 0 Å². The summed E-state index contributed by atoms with van der Waals surface area (Å²) < 4.78 is 7.00. The van der Waals surface area contributed by atoms with Gasteiger partial charge < -0.3 is 4.74 Å². The van der Waals surface area contributed by atoms with E-state index in [0.29, 0.717) is 5.92 Å². The summed E-state index contributed by atoms with van der Waals surface area (Å²) >= 11 is 2.44. The van der Waals surface area contributed by atoms with Crippen LogP contribution < -0.4 is 0 Å². The van der Waals surface area contributed by atoms with E-state index in [-0.39, 0.29) is 12.1 Å². The summed E-state index contributed by atoms with van der Waals surface area (Å²) in [5, 5.41) is 0. The molecule has 0 aromatic rings. The zero-order valence-electron chi connectivity index (χ0n) is 13.0. The highest BCUT2D eigenvalue weighted by atomic mass is 127. The first-order valence-corrected chi connectivity index (χ1v) is 9.23. The molecule has 0 aliphatic heterocycles. The fourth-order valence-electron chi connectivity index (χ4n) is 2.95. The van der Waals surface area contributed by atoms with Crippen molar-refractivity contribution in [3.63, 3.8) is 0 Å². The van der Waals surface area contributed by atoms with E-state index < -0.39 is 0 Å². The zero-order valence-corrected chi connectivity index (χ0v) is 15.2. The fourth-order valence-corrected chi connectivity index (χ4v) is 3.58. The first-order chi connectivity index (χ1) is 9.63. The number of allylic oxidation sites excluding steroid dienone is 1. The molecule has 1 saturated carbocycles. The van der Waals surface area contributed by atoms with E-state index in [1.165, 1.54) is 68.3 Å². The summed E-state index contributed by atoms with van der Waals surface area (Å²) in [7, 11) is 0. The van der Waals surface area contributed by atoms with Crippen molar-refractivity contribution >= 4 is 28.6 Å². The van der Waals surface area contributed by atoms with E-state index >= 15 is 0 Å². The second-order valence-electron chi connectivity index (χ2n) is 5.89. The lowest BCUT2D eigenvalue weighted by atomic mass is 9.84. The molecule has 0 aromatic carbocycles. The topological polar surface area (TPSA) is 26.3 Å². The zero-order chi connectivity index (χ0) is 14.8. The molecule has 0 bridgehead atoms. The van der Waals surface area contributed by atoms with Crippen molar-refractivity contribution in [1.29, 1.82) is 0 Å². The summed E-state index contributed by atoms with van der Waals surface area (Å²) in [5.74, 6) is 0.443. The van der Waals surface area contributed by atoms with Gasteiger partial charge in [-0.05, 0) is 57.8 Å². The van der Waals surface area contributed by atoms with E-state index in [9.17, 15) is 4.79 Å². The molecule has 0 radical (unpaired) electrons. The number of unbranched alkanes of at least 4 members (excludes halogenated alkanes) is 2. The van der Waals surface area contributed by atoms with Gasteiger partial charge in [-0.2, -0.15) is 0 Å². The minimum Gasteiger partial charge on any atom is -0.462 e. The summed E-state index contributed by atoms with van der Waals surface area (Å²) in [6.45, 7) is 3.77. The molecule has 1 fully saturated rings. The van der Waals surface area contributed by atoms with Crippen LogP contribution in [0.3, 0.4) is 0 Å². The molecule has 1 unspecified atom stereocenters. The predicted octanol–water partition coefficient (Wildman–Crippen LogP) is 5.79. The Morgan fingerprint density at radius 2 is 2.00 bits per heavy atom. The monoisotopic (exact) mass is 392 g/mol. The van der Waals surface area contributed by atoms with Crippen LogP contribution in [-0.2, 0) is 9.53 Å². The van der Waals surface area contributed by atoms with Crippen LogP contribution in [-0.4, -0.2) is 12.1 Å². The van der Waals surface area contributed by atoms with Crippen LogP contribution in [0.5, 0.6) is 0 Å². The molecular formula is C17H29IO2. The van der Waals surface area contributed by atoms with Crippen molar-refractivity contribution in [3.05, 3.63) is 9.66 Å². The lowest BCUT2D eigenvalue weighted by molar-refractivity contribution is -0.149. The van der Waals surface area contributed by atoms with Gasteiger partial charge in [0, 0.05) is 13.3 Å². The van der Waals surface area contributed by atoms with E-state index in [1.54, 1.807) is 0 Å². The maximum absolute atomic E-state index is 11.3. The van der Waals surface area contributed by atoms with Gasteiger partial charge in [-0.3, -0.25) is 4.79 Å². The molecule has 0 saturated heterocycles. The van der Waals surface area contributed by atoms with Gasteiger partial charge >= 0.3 is 5.97 Å². The summed E-state index contributed by atoms with van der Waals surface area (Å²) in [4.78, 5) is 11.3. The molecule has 3 heteroatoms. The maximum Gasteiger partial charge on any atom is 0.302 e. The molecule has 1 rings (SSSR count). The molecule has 1 aliphatic rings. The minimum absolute atomic E-state index is 0.101. The fraction of sp³-hybridized carbons (Fsp3) is 0.824. The summed E-state index contributed by atoms with van der Waals surface area (Å²) in [6, 6.07) is 0. The Morgan fingerprint density at radius 1 is 1.30 bits per heavy atom. The number of halogens is 1. The second kappa shape index (κ2) is 10.6. The third-order valence-corrected chi connectivity index (χ3v) is 5.06. The molecule has 116 valence electrons. The van der Waals surface area contributed by atoms with Gasteiger partial charge in [0.15, 0.2) is 0 Å². The Hall–Kier alpha value is -0.0600. The highest BCUT2D eigenvalue weighted by Gasteiger charge is 2.25. The van der Waals surface area contributed by atoms with Crippen molar-refractivity contribution < 1.29 is 9.53 Å². The molecular weight excluding hydrogens is 363 g/mol. The SMILES string of the molecule is CCCCC/C(I)=C\CC(OC(C)=O)C1CCCCC1. The number of rotatable bonds is 8. The van der Waals surface area contributed by atoms with Crippen LogP contribution in [0.1, 0.15) is 78.1 Å². The van der Waals surface area contributed by atoms with Gasteiger partial charge in [-0.1, -0.05) is 45.1 Å². The van der Waals surface area contributed by atoms with Crippen molar-refractivity contribution in [2.24, 2.45) is 5.92 Å². The number of carbonyl (C=O) groups excluding carboxylic acids is 1. The standard InChI is InChI=1S/C17H29IO2/c1-3-4-6-11-16(18)12-13-17(20-14(2)19)15-9-7-5-8-10-15/h12,15,17H,3-11,13H2,1-2H3/b16-12+. The normalized spacial score (nSPS) is 18.9. The maximum atomic E-state index is 11.3. The lowest BCUT2D eigenvalue weighted by Gasteiger charge is -2.29. The van der Waals surface area contributed by atoms with Crippen LogP contribution in [0.15, 0.2) is 9.66 Å². The molecule has 0 N–H and O–H groups in total. The van der Waals surface area contributed by atoms with E-state index in [0.717, 1.165) is 6.42 Å². The third-order valence-electron chi connectivity index (χ3n) is 4.08. The molecule has 20 heavy (non-hydrogen) atoms. The van der Waals surface area contributed by atoms with Crippen LogP contribution >= 0.6 is 22.6 Å². The van der Waals surface area contributed by atoms with Crippen molar-refractivity contribution in [1.82, 2.24) is 0 Å². The van der Waals surface area contributed by atoms with Crippen molar-refractivity contribution in [2.45, 2.75) is 84.2 Å². The number of hydrogen-bond acceptors (Lipinski definition) is 2. The molecule has 1 atom stereocenters. The van der Waals surface area contributed by atoms with Crippen LogP contribution in [0.25, 0.3) is 0 Å². The smallest absolute Gasteiger partial charge is 0.302 e. The van der Waals surface area contributed by atoms with E-state index in [4.69, 9.17) is 4.74 Å². The average Bonchev–Trinajstić information content (AvgIpc) is 2.44. The third kappa shape index (κ3) is 7.65. The summed E-state index contributed by atoms with van der Waals surface area (Å²) in [5.41, 5.74) is 0. The molecule has 0 spiro atoms. The Labute approximate surface area is 137 Å². The lowest BCUT2D eigenvalue weighted by Crippen LogP contribution is -2.27. The highest BCUT2D eigenvalue weighted by Crippen LogP contribution is 2.30. The molecule has 1 aliphatic carbocycles. The molecule has 0 heterocycles. The highest BCUT2D eigenvalue weighted by molar-refractivity contribution is 14.1. The first kappa shape index (κ1) is 18.0.